The topological polar surface area (TPSA) is 111 Å². The van der Waals surface area contributed by atoms with Gasteiger partial charge in [-0.15, -0.1) is 0 Å². The number of nitrogen functional groups attached to an aromatic ring is 1. The van der Waals surface area contributed by atoms with Crippen LogP contribution in [0.4, 0.5) is 5.69 Å². The van der Waals surface area contributed by atoms with Gasteiger partial charge in [-0.25, -0.2) is 0 Å². The van der Waals surface area contributed by atoms with Crippen LogP contribution in [-0.2, 0) is 4.79 Å². The van der Waals surface area contributed by atoms with Gasteiger partial charge in [-0.1, -0.05) is 0 Å². The molecular weight excluding hydrogens is 272 g/mol. The summed E-state index contributed by atoms with van der Waals surface area (Å²) in [5.74, 6) is -0.541. The SMILES string of the molecule is CN(C)CCCNC(=O)c1ccc(N)c(OCC(N)=O)c1. The van der Waals surface area contributed by atoms with Crippen LogP contribution in [0.5, 0.6) is 5.75 Å². The van der Waals surface area contributed by atoms with Crippen molar-refractivity contribution in [3.05, 3.63) is 23.8 Å². The normalized spacial score (nSPS) is 10.4. The minimum absolute atomic E-state index is 0.210. The van der Waals surface area contributed by atoms with Crippen LogP contribution in [0, 0.1) is 0 Å². The summed E-state index contributed by atoms with van der Waals surface area (Å²) >= 11 is 0. The summed E-state index contributed by atoms with van der Waals surface area (Å²) in [5, 5.41) is 2.81. The first kappa shape index (κ1) is 16.8. The summed E-state index contributed by atoms with van der Waals surface area (Å²) in [5.41, 5.74) is 11.5. The zero-order valence-corrected chi connectivity index (χ0v) is 12.4. The second kappa shape index (κ2) is 8.11. The third kappa shape index (κ3) is 6.13. The molecule has 0 heterocycles. The van der Waals surface area contributed by atoms with Gasteiger partial charge in [0.2, 0.25) is 0 Å². The lowest BCUT2D eigenvalue weighted by Gasteiger charge is -2.11. The van der Waals surface area contributed by atoms with Crippen molar-refractivity contribution < 1.29 is 14.3 Å². The summed E-state index contributed by atoms with van der Waals surface area (Å²) in [7, 11) is 3.95. The van der Waals surface area contributed by atoms with Crippen LogP contribution >= 0.6 is 0 Å². The van der Waals surface area contributed by atoms with Crippen molar-refractivity contribution >= 4 is 17.5 Å². The highest BCUT2D eigenvalue weighted by molar-refractivity contribution is 5.95. The van der Waals surface area contributed by atoms with Crippen LogP contribution in [0.2, 0.25) is 0 Å². The van der Waals surface area contributed by atoms with Crippen LogP contribution in [0.3, 0.4) is 0 Å². The molecule has 0 saturated carbocycles. The molecule has 116 valence electrons. The molecule has 0 aliphatic heterocycles. The summed E-state index contributed by atoms with van der Waals surface area (Å²) in [6, 6.07) is 4.67. The molecule has 1 aromatic rings. The Bertz CT molecular complexity index is 503. The molecule has 1 aromatic carbocycles. The van der Waals surface area contributed by atoms with E-state index in [0.29, 0.717) is 17.8 Å². The highest BCUT2D eigenvalue weighted by atomic mass is 16.5. The molecule has 0 aliphatic rings. The minimum atomic E-state index is -0.604. The summed E-state index contributed by atoms with van der Waals surface area (Å²) < 4.78 is 5.16. The van der Waals surface area contributed by atoms with Crippen molar-refractivity contribution in [3.8, 4) is 5.75 Å². The van der Waals surface area contributed by atoms with Gasteiger partial charge in [0.05, 0.1) is 5.69 Å². The average molecular weight is 294 g/mol. The maximum absolute atomic E-state index is 12.0. The zero-order chi connectivity index (χ0) is 15.8. The van der Waals surface area contributed by atoms with Crippen molar-refractivity contribution in [2.24, 2.45) is 5.73 Å². The number of hydrogen-bond acceptors (Lipinski definition) is 5. The van der Waals surface area contributed by atoms with E-state index in [1.54, 1.807) is 12.1 Å². The number of nitrogens with zero attached hydrogens (tertiary/aromatic N) is 1. The minimum Gasteiger partial charge on any atom is -0.482 e. The highest BCUT2D eigenvalue weighted by Gasteiger charge is 2.09. The van der Waals surface area contributed by atoms with E-state index in [9.17, 15) is 9.59 Å². The number of nitrogens with one attached hydrogen (secondary N) is 1. The van der Waals surface area contributed by atoms with Crippen molar-refractivity contribution in [1.29, 1.82) is 0 Å². The molecule has 7 nitrogen and oxygen atoms in total. The molecule has 0 unspecified atom stereocenters. The van der Waals surface area contributed by atoms with Gasteiger partial charge >= 0.3 is 0 Å². The van der Waals surface area contributed by atoms with Crippen LogP contribution in [-0.4, -0.2) is 50.5 Å². The molecule has 0 radical (unpaired) electrons. The monoisotopic (exact) mass is 294 g/mol. The number of carbonyl (C=O) groups is 2. The average Bonchev–Trinajstić information content (AvgIpc) is 2.42. The lowest BCUT2D eigenvalue weighted by Crippen LogP contribution is -2.27. The Morgan fingerprint density at radius 3 is 2.67 bits per heavy atom. The van der Waals surface area contributed by atoms with Crippen molar-refractivity contribution in [1.82, 2.24) is 10.2 Å². The standard InChI is InChI=1S/C14H22N4O3/c1-18(2)7-3-6-17-14(20)10-4-5-11(15)12(8-10)21-9-13(16)19/h4-5,8H,3,6-7,9,15H2,1-2H3,(H2,16,19)(H,17,20). The fourth-order valence-electron chi connectivity index (χ4n) is 1.65. The largest absolute Gasteiger partial charge is 0.482 e. The summed E-state index contributed by atoms with van der Waals surface area (Å²) in [6.45, 7) is 1.20. The van der Waals surface area contributed by atoms with E-state index in [-0.39, 0.29) is 18.3 Å². The van der Waals surface area contributed by atoms with Gasteiger partial charge in [-0.3, -0.25) is 9.59 Å². The lowest BCUT2D eigenvalue weighted by atomic mass is 10.1. The number of benzene rings is 1. The van der Waals surface area contributed by atoms with Gasteiger partial charge in [0, 0.05) is 12.1 Å². The quantitative estimate of drug-likeness (QED) is 0.455. The van der Waals surface area contributed by atoms with Crippen LogP contribution in [0.15, 0.2) is 18.2 Å². The van der Waals surface area contributed by atoms with Gasteiger partial charge in [0.15, 0.2) is 6.61 Å². The number of amides is 2. The molecule has 2 amide bonds. The summed E-state index contributed by atoms with van der Waals surface area (Å²) in [6.07, 6.45) is 0.860. The molecular formula is C14H22N4O3. The molecule has 5 N–H and O–H groups in total. The van der Waals surface area contributed by atoms with Gasteiger partial charge in [0.1, 0.15) is 5.75 Å². The molecule has 0 aromatic heterocycles. The lowest BCUT2D eigenvalue weighted by molar-refractivity contribution is -0.119. The Labute approximate surface area is 124 Å². The van der Waals surface area contributed by atoms with E-state index in [4.69, 9.17) is 16.2 Å². The number of primary amides is 1. The maximum Gasteiger partial charge on any atom is 0.255 e. The van der Waals surface area contributed by atoms with Gasteiger partial charge in [0.25, 0.3) is 11.8 Å². The van der Waals surface area contributed by atoms with Crippen molar-refractivity contribution in [2.45, 2.75) is 6.42 Å². The van der Waals surface area contributed by atoms with Gasteiger partial charge in [-0.2, -0.15) is 0 Å². The second-order valence-electron chi connectivity index (χ2n) is 4.92. The van der Waals surface area contributed by atoms with E-state index < -0.39 is 5.91 Å². The van der Waals surface area contributed by atoms with E-state index >= 15 is 0 Å². The van der Waals surface area contributed by atoms with E-state index in [0.717, 1.165) is 13.0 Å². The number of rotatable bonds is 8. The van der Waals surface area contributed by atoms with E-state index in [1.165, 1.54) is 6.07 Å². The van der Waals surface area contributed by atoms with Crippen molar-refractivity contribution in [2.75, 3.05) is 39.5 Å². The smallest absolute Gasteiger partial charge is 0.255 e. The van der Waals surface area contributed by atoms with Gasteiger partial charge < -0.3 is 26.4 Å². The summed E-state index contributed by atoms with van der Waals surface area (Å²) in [4.78, 5) is 24.7. The third-order valence-corrected chi connectivity index (χ3v) is 2.71. The Balaban J connectivity index is 2.59. The van der Waals surface area contributed by atoms with Gasteiger partial charge in [-0.05, 0) is 45.3 Å². The number of hydrogen-bond donors (Lipinski definition) is 3. The Morgan fingerprint density at radius 2 is 2.05 bits per heavy atom. The van der Waals surface area contributed by atoms with E-state index in [2.05, 4.69) is 5.32 Å². The number of anilines is 1. The fraction of sp³-hybridized carbons (Fsp3) is 0.429. The molecule has 1 rings (SSSR count). The first-order chi connectivity index (χ1) is 9.90. The fourth-order valence-corrected chi connectivity index (χ4v) is 1.65. The third-order valence-electron chi connectivity index (χ3n) is 2.71. The second-order valence-corrected chi connectivity index (χ2v) is 4.92. The first-order valence-electron chi connectivity index (χ1n) is 6.63. The van der Waals surface area contributed by atoms with Crippen LogP contribution in [0.1, 0.15) is 16.8 Å². The number of ether oxygens (including phenoxy) is 1. The number of carbonyl (C=O) groups excluding carboxylic acids is 2. The maximum atomic E-state index is 12.0. The molecule has 21 heavy (non-hydrogen) atoms. The molecule has 0 atom stereocenters. The Hall–Kier alpha value is -2.28. The molecule has 0 spiro atoms. The first-order valence-corrected chi connectivity index (χ1v) is 6.63. The van der Waals surface area contributed by atoms with E-state index in [1.807, 2.05) is 19.0 Å². The predicted octanol–water partition coefficient (Wildman–Crippen LogP) is -0.186. The Morgan fingerprint density at radius 1 is 1.33 bits per heavy atom. The predicted molar refractivity (Wildman–Crippen MR) is 81.0 cm³/mol. The Kier molecular flexibility index (Phi) is 6.48. The van der Waals surface area contributed by atoms with Crippen molar-refractivity contribution in [3.63, 3.8) is 0 Å². The van der Waals surface area contributed by atoms with Crippen LogP contribution < -0.4 is 21.5 Å². The molecule has 0 aliphatic carbocycles. The molecule has 0 saturated heterocycles. The molecule has 7 heteroatoms. The number of nitrogens with two attached hydrogens (primary N) is 2. The highest BCUT2D eigenvalue weighted by Crippen LogP contribution is 2.22. The molecule has 0 fully saturated rings. The zero-order valence-electron chi connectivity index (χ0n) is 12.4. The molecule has 0 bridgehead atoms. The van der Waals surface area contributed by atoms with Crippen LogP contribution in [0.25, 0.3) is 0 Å².